The number of aryl methyl sites for hydroxylation is 1. The molecule has 1 saturated heterocycles. The fraction of sp³-hybridized carbons (Fsp3) is 0.643. The van der Waals surface area contributed by atoms with Gasteiger partial charge in [-0.1, -0.05) is 11.6 Å². The summed E-state index contributed by atoms with van der Waals surface area (Å²) in [4.78, 5) is 4.54. The van der Waals surface area contributed by atoms with Gasteiger partial charge in [0, 0.05) is 31.0 Å². The van der Waals surface area contributed by atoms with Gasteiger partial charge in [0.25, 0.3) is 0 Å². The summed E-state index contributed by atoms with van der Waals surface area (Å²) in [6.45, 7) is 1.89. The second-order valence-corrected chi connectivity index (χ2v) is 5.66. The fourth-order valence-corrected chi connectivity index (χ4v) is 3.32. The van der Waals surface area contributed by atoms with Crippen LogP contribution in [-0.4, -0.2) is 18.2 Å². The lowest BCUT2D eigenvalue weighted by atomic mass is 9.87. The second-order valence-electron chi connectivity index (χ2n) is 5.22. The molecule has 0 bridgehead atoms. The van der Waals surface area contributed by atoms with Crippen LogP contribution < -0.4 is 0 Å². The van der Waals surface area contributed by atoms with E-state index >= 15 is 0 Å². The zero-order chi connectivity index (χ0) is 11.7. The highest BCUT2D eigenvalue weighted by molar-refractivity contribution is 6.30. The summed E-state index contributed by atoms with van der Waals surface area (Å²) in [7, 11) is 0. The highest BCUT2D eigenvalue weighted by atomic mass is 35.5. The van der Waals surface area contributed by atoms with Crippen molar-refractivity contribution in [1.29, 1.82) is 0 Å². The van der Waals surface area contributed by atoms with E-state index in [0.717, 1.165) is 30.6 Å². The number of pyridine rings is 1. The van der Waals surface area contributed by atoms with Crippen molar-refractivity contribution in [1.82, 2.24) is 4.98 Å². The predicted molar refractivity (Wildman–Crippen MR) is 68.5 cm³/mol. The van der Waals surface area contributed by atoms with Gasteiger partial charge in [-0.25, -0.2) is 0 Å². The normalized spacial score (nSPS) is 24.9. The molecule has 1 aromatic heterocycles. The van der Waals surface area contributed by atoms with Gasteiger partial charge in [-0.05, 0) is 49.7 Å². The molecular weight excluding hydrogens is 234 g/mol. The molecule has 3 heteroatoms. The van der Waals surface area contributed by atoms with Crippen LogP contribution in [0.5, 0.6) is 0 Å². The standard InChI is InChI=1S/C14H18ClNO/c15-13-8-12-2-1-11(14(12)16-9-13)7-10-3-5-17-6-4-10/h8-11H,1-7H2/t11-/m0/s1. The van der Waals surface area contributed by atoms with E-state index in [1.807, 2.05) is 0 Å². The van der Waals surface area contributed by atoms with Crippen LogP contribution in [0.25, 0.3) is 0 Å². The molecule has 0 N–H and O–H groups in total. The highest BCUT2D eigenvalue weighted by Gasteiger charge is 2.27. The maximum absolute atomic E-state index is 5.98. The Balaban J connectivity index is 1.70. The van der Waals surface area contributed by atoms with E-state index in [0.29, 0.717) is 5.92 Å². The summed E-state index contributed by atoms with van der Waals surface area (Å²) in [6.07, 6.45) is 7.92. The molecule has 0 saturated carbocycles. The molecule has 1 fully saturated rings. The molecule has 17 heavy (non-hydrogen) atoms. The van der Waals surface area contributed by atoms with Crippen molar-refractivity contribution < 1.29 is 4.74 Å². The van der Waals surface area contributed by atoms with E-state index in [9.17, 15) is 0 Å². The van der Waals surface area contributed by atoms with E-state index in [1.165, 1.54) is 36.9 Å². The van der Waals surface area contributed by atoms with Crippen molar-refractivity contribution >= 4 is 11.6 Å². The maximum atomic E-state index is 5.98. The third kappa shape index (κ3) is 2.48. The van der Waals surface area contributed by atoms with Crippen molar-refractivity contribution in [2.24, 2.45) is 5.92 Å². The van der Waals surface area contributed by atoms with Gasteiger partial charge in [0.15, 0.2) is 0 Å². The zero-order valence-corrected chi connectivity index (χ0v) is 10.7. The smallest absolute Gasteiger partial charge is 0.0592 e. The van der Waals surface area contributed by atoms with Gasteiger partial charge in [-0.2, -0.15) is 0 Å². The Bertz CT molecular complexity index is 401. The summed E-state index contributed by atoms with van der Waals surface area (Å²) in [5.41, 5.74) is 2.68. The lowest BCUT2D eigenvalue weighted by Gasteiger charge is -2.24. The summed E-state index contributed by atoms with van der Waals surface area (Å²) >= 11 is 5.98. The molecule has 0 aromatic carbocycles. The monoisotopic (exact) mass is 251 g/mol. The number of rotatable bonds is 2. The van der Waals surface area contributed by atoms with E-state index in [1.54, 1.807) is 6.20 Å². The Morgan fingerprint density at radius 2 is 2.12 bits per heavy atom. The Morgan fingerprint density at radius 1 is 1.29 bits per heavy atom. The molecule has 0 radical (unpaired) electrons. The quantitative estimate of drug-likeness (QED) is 0.802. The molecule has 0 unspecified atom stereocenters. The highest BCUT2D eigenvalue weighted by Crippen LogP contribution is 2.38. The first-order valence-electron chi connectivity index (χ1n) is 6.55. The van der Waals surface area contributed by atoms with Crippen LogP contribution in [0, 0.1) is 5.92 Å². The molecule has 92 valence electrons. The molecule has 2 aliphatic rings. The summed E-state index contributed by atoms with van der Waals surface area (Å²) in [5.74, 6) is 1.49. The van der Waals surface area contributed by atoms with Crippen LogP contribution in [-0.2, 0) is 11.2 Å². The van der Waals surface area contributed by atoms with Gasteiger partial charge < -0.3 is 4.74 Å². The number of halogens is 1. The molecule has 2 nitrogen and oxygen atoms in total. The first-order valence-corrected chi connectivity index (χ1v) is 6.93. The van der Waals surface area contributed by atoms with Gasteiger partial charge in [-0.3, -0.25) is 4.98 Å². The maximum Gasteiger partial charge on any atom is 0.0592 e. The number of ether oxygens (including phenoxy) is 1. The zero-order valence-electron chi connectivity index (χ0n) is 9.99. The molecule has 1 aromatic rings. The third-order valence-corrected chi connectivity index (χ3v) is 4.28. The third-order valence-electron chi connectivity index (χ3n) is 4.08. The minimum Gasteiger partial charge on any atom is -0.381 e. The van der Waals surface area contributed by atoms with Gasteiger partial charge in [0.05, 0.1) is 5.02 Å². The number of aromatic nitrogens is 1. The van der Waals surface area contributed by atoms with Crippen LogP contribution in [0.15, 0.2) is 12.3 Å². The molecule has 1 aliphatic heterocycles. The number of nitrogens with zero attached hydrogens (tertiary/aromatic N) is 1. The Morgan fingerprint density at radius 3 is 2.94 bits per heavy atom. The van der Waals surface area contributed by atoms with Crippen LogP contribution >= 0.6 is 11.6 Å². The van der Waals surface area contributed by atoms with E-state index in [-0.39, 0.29) is 0 Å². The Hall–Kier alpha value is -0.600. The second kappa shape index (κ2) is 4.95. The first-order chi connectivity index (χ1) is 8.33. The van der Waals surface area contributed by atoms with Crippen LogP contribution in [0.4, 0.5) is 0 Å². The summed E-state index contributed by atoms with van der Waals surface area (Å²) < 4.78 is 5.42. The Labute approximate surface area is 107 Å². The molecule has 3 rings (SSSR count). The minimum atomic E-state index is 0.658. The van der Waals surface area contributed by atoms with E-state index < -0.39 is 0 Å². The number of hydrogen-bond acceptors (Lipinski definition) is 2. The summed E-state index contributed by atoms with van der Waals surface area (Å²) in [5, 5.41) is 0.774. The van der Waals surface area contributed by atoms with Gasteiger partial charge in [0.2, 0.25) is 0 Å². The molecule has 0 amide bonds. The van der Waals surface area contributed by atoms with Crippen molar-refractivity contribution in [2.45, 2.75) is 38.0 Å². The van der Waals surface area contributed by atoms with Gasteiger partial charge >= 0.3 is 0 Å². The summed E-state index contributed by atoms with van der Waals surface area (Å²) in [6, 6.07) is 2.09. The largest absolute Gasteiger partial charge is 0.381 e. The first kappa shape index (κ1) is 11.5. The van der Waals surface area contributed by atoms with Crippen molar-refractivity contribution in [3.63, 3.8) is 0 Å². The van der Waals surface area contributed by atoms with Crippen molar-refractivity contribution in [3.8, 4) is 0 Å². The van der Waals surface area contributed by atoms with Crippen molar-refractivity contribution in [2.75, 3.05) is 13.2 Å². The van der Waals surface area contributed by atoms with E-state index in [2.05, 4.69) is 11.1 Å². The van der Waals surface area contributed by atoms with Crippen LogP contribution in [0.1, 0.15) is 42.9 Å². The molecule has 0 spiro atoms. The Kier molecular flexibility index (Phi) is 3.34. The SMILES string of the molecule is Clc1cnc2c(c1)CC[C@H]2CC1CCOCC1. The average Bonchev–Trinajstić information content (AvgIpc) is 2.73. The molecule has 2 heterocycles. The van der Waals surface area contributed by atoms with Crippen molar-refractivity contribution in [3.05, 3.63) is 28.5 Å². The fourth-order valence-electron chi connectivity index (χ4n) is 3.14. The van der Waals surface area contributed by atoms with Crippen LogP contribution in [0.2, 0.25) is 5.02 Å². The molecule has 1 atom stereocenters. The minimum absolute atomic E-state index is 0.658. The molecule has 1 aliphatic carbocycles. The average molecular weight is 252 g/mol. The van der Waals surface area contributed by atoms with Gasteiger partial charge in [0.1, 0.15) is 0 Å². The number of hydrogen-bond donors (Lipinski definition) is 0. The lowest BCUT2D eigenvalue weighted by Crippen LogP contribution is -2.17. The molecular formula is C14H18ClNO. The topological polar surface area (TPSA) is 22.1 Å². The van der Waals surface area contributed by atoms with Gasteiger partial charge in [-0.15, -0.1) is 0 Å². The lowest BCUT2D eigenvalue weighted by molar-refractivity contribution is 0.0616. The number of fused-ring (bicyclic) bond motifs is 1. The van der Waals surface area contributed by atoms with Crippen LogP contribution in [0.3, 0.4) is 0 Å². The predicted octanol–water partition coefficient (Wildman–Crippen LogP) is 3.58. The van der Waals surface area contributed by atoms with E-state index in [4.69, 9.17) is 16.3 Å².